The summed E-state index contributed by atoms with van der Waals surface area (Å²) in [5.74, 6) is 1.37. The molecule has 9 heteroatoms. The van der Waals surface area contributed by atoms with E-state index in [9.17, 15) is 4.79 Å². The molecule has 0 bridgehead atoms. The molecular weight excluding hydrogens is 483 g/mol. The molecule has 1 unspecified atom stereocenters. The first-order valence-corrected chi connectivity index (χ1v) is 9.75. The summed E-state index contributed by atoms with van der Waals surface area (Å²) in [6, 6.07) is 7.64. The number of aliphatic imine (C=N–C) groups is 1. The third-order valence-electron chi connectivity index (χ3n) is 4.59. The van der Waals surface area contributed by atoms with Crippen molar-refractivity contribution in [2.45, 2.75) is 25.8 Å². The van der Waals surface area contributed by atoms with Crippen LogP contribution < -0.4 is 16.0 Å². The van der Waals surface area contributed by atoms with Crippen molar-refractivity contribution in [3.05, 3.63) is 48.7 Å². The van der Waals surface area contributed by atoms with E-state index in [-0.39, 0.29) is 42.5 Å². The molecule has 1 amide bonds. The SMILES string of the molecule is CCNC(=NCC(=O)Nc1cccnc1)NCC(c1ccco1)N1CCCC1.I. The van der Waals surface area contributed by atoms with Crippen molar-refractivity contribution in [1.29, 1.82) is 0 Å². The van der Waals surface area contributed by atoms with E-state index < -0.39 is 0 Å². The minimum absolute atomic E-state index is 0. The van der Waals surface area contributed by atoms with E-state index in [0.29, 0.717) is 24.7 Å². The highest BCUT2D eigenvalue weighted by Gasteiger charge is 2.25. The number of halogens is 1. The highest BCUT2D eigenvalue weighted by molar-refractivity contribution is 14.0. The summed E-state index contributed by atoms with van der Waals surface area (Å²) in [5.41, 5.74) is 0.660. The number of guanidine groups is 1. The van der Waals surface area contributed by atoms with Crippen LogP contribution in [-0.4, -0.2) is 54.5 Å². The van der Waals surface area contributed by atoms with E-state index in [0.717, 1.165) is 18.8 Å². The predicted molar refractivity (Wildman–Crippen MR) is 125 cm³/mol. The van der Waals surface area contributed by atoms with Crippen LogP contribution in [0, 0.1) is 0 Å². The predicted octanol–water partition coefficient (Wildman–Crippen LogP) is 2.62. The summed E-state index contributed by atoms with van der Waals surface area (Å²) in [4.78, 5) is 22.9. The molecule has 29 heavy (non-hydrogen) atoms. The fourth-order valence-corrected chi connectivity index (χ4v) is 3.27. The zero-order chi connectivity index (χ0) is 19.6. The van der Waals surface area contributed by atoms with Gasteiger partial charge in [0.15, 0.2) is 5.96 Å². The van der Waals surface area contributed by atoms with Gasteiger partial charge >= 0.3 is 0 Å². The van der Waals surface area contributed by atoms with Crippen LogP contribution in [0.5, 0.6) is 0 Å². The molecule has 1 saturated heterocycles. The summed E-state index contributed by atoms with van der Waals surface area (Å²) in [5, 5.41) is 9.32. The van der Waals surface area contributed by atoms with Crippen molar-refractivity contribution in [3.63, 3.8) is 0 Å². The average molecular weight is 512 g/mol. The molecule has 8 nitrogen and oxygen atoms in total. The van der Waals surface area contributed by atoms with E-state index in [1.165, 1.54) is 12.8 Å². The maximum Gasteiger partial charge on any atom is 0.246 e. The first-order chi connectivity index (χ1) is 13.8. The Kier molecular flexibility index (Phi) is 9.92. The van der Waals surface area contributed by atoms with Gasteiger partial charge in [0.25, 0.3) is 0 Å². The highest BCUT2D eigenvalue weighted by atomic mass is 127. The first-order valence-electron chi connectivity index (χ1n) is 9.75. The summed E-state index contributed by atoms with van der Waals surface area (Å²) >= 11 is 0. The van der Waals surface area contributed by atoms with E-state index in [1.807, 2.05) is 19.1 Å². The Hall–Kier alpha value is -2.14. The fourth-order valence-electron chi connectivity index (χ4n) is 3.27. The molecule has 1 atom stereocenters. The summed E-state index contributed by atoms with van der Waals surface area (Å²) < 4.78 is 5.65. The highest BCUT2D eigenvalue weighted by Crippen LogP contribution is 2.24. The fraction of sp³-hybridized carbons (Fsp3) is 0.450. The Labute approximate surface area is 188 Å². The molecule has 0 aliphatic carbocycles. The van der Waals surface area contributed by atoms with Gasteiger partial charge in [0.2, 0.25) is 5.91 Å². The number of nitrogens with zero attached hydrogens (tertiary/aromatic N) is 3. The van der Waals surface area contributed by atoms with Gasteiger partial charge < -0.3 is 20.4 Å². The van der Waals surface area contributed by atoms with Crippen LogP contribution in [0.15, 0.2) is 52.3 Å². The Morgan fingerprint density at radius 2 is 2.10 bits per heavy atom. The van der Waals surface area contributed by atoms with Crippen molar-refractivity contribution in [2.24, 2.45) is 4.99 Å². The third kappa shape index (κ3) is 7.32. The van der Waals surface area contributed by atoms with Gasteiger partial charge in [-0.3, -0.25) is 14.7 Å². The molecule has 0 spiro atoms. The zero-order valence-corrected chi connectivity index (χ0v) is 19.0. The third-order valence-corrected chi connectivity index (χ3v) is 4.59. The Morgan fingerprint density at radius 3 is 2.76 bits per heavy atom. The number of hydrogen-bond donors (Lipinski definition) is 3. The minimum atomic E-state index is -0.188. The zero-order valence-electron chi connectivity index (χ0n) is 16.6. The monoisotopic (exact) mass is 512 g/mol. The lowest BCUT2D eigenvalue weighted by molar-refractivity contribution is -0.114. The number of rotatable bonds is 8. The molecule has 3 heterocycles. The smallest absolute Gasteiger partial charge is 0.246 e. The number of hydrogen-bond acceptors (Lipinski definition) is 5. The Morgan fingerprint density at radius 1 is 1.28 bits per heavy atom. The van der Waals surface area contributed by atoms with Crippen LogP contribution in [0.4, 0.5) is 5.69 Å². The van der Waals surface area contributed by atoms with E-state index in [1.54, 1.807) is 30.8 Å². The van der Waals surface area contributed by atoms with E-state index >= 15 is 0 Å². The number of likely N-dealkylation sites (tertiary alicyclic amines) is 1. The molecule has 158 valence electrons. The van der Waals surface area contributed by atoms with Crippen molar-refractivity contribution in [3.8, 4) is 0 Å². The van der Waals surface area contributed by atoms with Gasteiger partial charge in [0.1, 0.15) is 12.3 Å². The molecular formula is C20H29IN6O2. The quantitative estimate of drug-likeness (QED) is 0.286. The topological polar surface area (TPSA) is 94.8 Å². The van der Waals surface area contributed by atoms with E-state index in [2.05, 4.69) is 30.8 Å². The van der Waals surface area contributed by atoms with Crippen LogP contribution in [-0.2, 0) is 4.79 Å². The van der Waals surface area contributed by atoms with Gasteiger partial charge in [-0.2, -0.15) is 0 Å². The lowest BCUT2D eigenvalue weighted by atomic mass is 10.2. The number of nitrogens with one attached hydrogen (secondary N) is 3. The number of carbonyl (C=O) groups is 1. The summed E-state index contributed by atoms with van der Waals surface area (Å²) in [6.07, 6.45) is 7.39. The van der Waals surface area contributed by atoms with Crippen molar-refractivity contribution >= 4 is 41.5 Å². The summed E-state index contributed by atoms with van der Waals surface area (Å²) in [7, 11) is 0. The maximum atomic E-state index is 12.1. The molecule has 3 N–H and O–H groups in total. The van der Waals surface area contributed by atoms with Crippen molar-refractivity contribution < 1.29 is 9.21 Å². The normalized spacial score (nSPS) is 15.4. The number of pyridine rings is 1. The van der Waals surface area contributed by atoms with Gasteiger partial charge in [-0.05, 0) is 57.1 Å². The van der Waals surface area contributed by atoms with Crippen molar-refractivity contribution in [1.82, 2.24) is 20.5 Å². The number of furan rings is 1. The standard InChI is InChI=1S/C20H28N6O2.HI/c1-2-22-20(24-15-19(27)25-16-7-5-9-21-13-16)23-14-17(18-8-6-12-28-18)26-10-3-4-11-26;/h5-9,12-13,17H,2-4,10-11,14-15H2,1H3,(H,25,27)(H2,22,23,24);1H. The maximum absolute atomic E-state index is 12.1. The first kappa shape index (κ1) is 23.1. The second-order valence-electron chi connectivity index (χ2n) is 6.64. The lowest BCUT2D eigenvalue weighted by Gasteiger charge is -2.26. The lowest BCUT2D eigenvalue weighted by Crippen LogP contribution is -2.43. The van der Waals surface area contributed by atoms with Gasteiger partial charge in [0, 0.05) is 19.3 Å². The Bertz CT molecular complexity index is 748. The molecule has 1 aliphatic rings. The van der Waals surface area contributed by atoms with Crippen LogP contribution in [0.1, 0.15) is 31.6 Å². The Balaban J connectivity index is 0.00000300. The van der Waals surface area contributed by atoms with Gasteiger partial charge in [-0.1, -0.05) is 0 Å². The van der Waals surface area contributed by atoms with E-state index in [4.69, 9.17) is 4.42 Å². The second-order valence-corrected chi connectivity index (χ2v) is 6.64. The molecule has 1 aliphatic heterocycles. The number of aromatic nitrogens is 1. The average Bonchev–Trinajstić information content (AvgIpc) is 3.42. The molecule has 2 aromatic rings. The molecule has 0 aromatic carbocycles. The van der Waals surface area contributed by atoms with Gasteiger partial charge in [0.05, 0.1) is 24.2 Å². The largest absolute Gasteiger partial charge is 0.468 e. The van der Waals surface area contributed by atoms with Crippen LogP contribution >= 0.6 is 24.0 Å². The van der Waals surface area contributed by atoms with Crippen LogP contribution in [0.2, 0.25) is 0 Å². The van der Waals surface area contributed by atoms with Gasteiger partial charge in [-0.15, -0.1) is 24.0 Å². The minimum Gasteiger partial charge on any atom is -0.468 e. The van der Waals surface area contributed by atoms with Crippen molar-refractivity contribution in [2.75, 3.05) is 38.0 Å². The molecule has 0 radical (unpaired) electrons. The number of amides is 1. The molecule has 3 rings (SSSR count). The van der Waals surface area contributed by atoms with Crippen LogP contribution in [0.3, 0.4) is 0 Å². The van der Waals surface area contributed by atoms with Crippen LogP contribution in [0.25, 0.3) is 0 Å². The molecule has 2 aromatic heterocycles. The summed E-state index contributed by atoms with van der Waals surface area (Å²) in [6.45, 7) is 5.52. The molecule has 1 fully saturated rings. The second kappa shape index (κ2) is 12.4. The van der Waals surface area contributed by atoms with Gasteiger partial charge in [-0.25, -0.2) is 4.99 Å². The number of anilines is 1. The molecule has 0 saturated carbocycles. The number of carbonyl (C=O) groups excluding carboxylic acids is 1.